The van der Waals surface area contributed by atoms with Gasteiger partial charge in [0.15, 0.2) is 0 Å². The summed E-state index contributed by atoms with van der Waals surface area (Å²) in [5.41, 5.74) is 4.19. The molecule has 1 aliphatic heterocycles. The van der Waals surface area contributed by atoms with Crippen LogP contribution in [0.5, 0.6) is 0 Å². The minimum absolute atomic E-state index is 0.160. The summed E-state index contributed by atoms with van der Waals surface area (Å²) >= 11 is 2.31. The van der Waals surface area contributed by atoms with Crippen LogP contribution in [0.15, 0.2) is 24.3 Å². The topological polar surface area (TPSA) is 50.5 Å². The number of nitrogens with zero attached hydrogens (tertiary/aromatic N) is 1. The van der Waals surface area contributed by atoms with Crippen molar-refractivity contribution < 1.29 is 4.74 Å². The van der Waals surface area contributed by atoms with Crippen molar-refractivity contribution in [2.45, 2.75) is 18.6 Å². The maximum atomic E-state index is 5.81. The summed E-state index contributed by atoms with van der Waals surface area (Å²) in [7, 11) is 2.12. The monoisotopic (exact) mass is 361 g/mol. The fraction of sp³-hybridized carbons (Fsp3) is 0.538. The van der Waals surface area contributed by atoms with E-state index in [0.717, 1.165) is 26.1 Å². The molecule has 1 aromatic rings. The van der Waals surface area contributed by atoms with E-state index in [4.69, 9.17) is 10.6 Å². The summed E-state index contributed by atoms with van der Waals surface area (Å²) in [6, 6.07) is 8.71. The molecule has 0 aliphatic carbocycles. The van der Waals surface area contributed by atoms with E-state index in [2.05, 4.69) is 64.2 Å². The highest BCUT2D eigenvalue weighted by Gasteiger charge is 2.26. The second-order valence-corrected chi connectivity index (χ2v) is 6.02. The molecule has 100 valence electrons. The van der Waals surface area contributed by atoms with Crippen LogP contribution in [0, 0.1) is 3.57 Å². The predicted octanol–water partition coefficient (Wildman–Crippen LogP) is 0.996. The summed E-state index contributed by atoms with van der Waals surface area (Å²) < 4.78 is 7.06. The average molecular weight is 361 g/mol. The molecule has 1 aromatic carbocycles. The first-order valence-corrected chi connectivity index (χ1v) is 7.27. The van der Waals surface area contributed by atoms with Gasteiger partial charge in [-0.05, 0) is 53.8 Å². The molecule has 0 amide bonds. The smallest absolute Gasteiger partial charge is 0.0871 e. The van der Waals surface area contributed by atoms with Crippen LogP contribution in [0.2, 0.25) is 0 Å². The highest BCUT2D eigenvalue weighted by molar-refractivity contribution is 14.1. The van der Waals surface area contributed by atoms with Gasteiger partial charge >= 0.3 is 0 Å². The van der Waals surface area contributed by atoms with Gasteiger partial charge in [-0.15, -0.1) is 0 Å². The number of nitrogens with two attached hydrogens (primary N) is 1. The number of hydrogen-bond acceptors (Lipinski definition) is 4. The van der Waals surface area contributed by atoms with Crippen molar-refractivity contribution >= 4 is 22.6 Å². The Morgan fingerprint density at radius 3 is 2.83 bits per heavy atom. The molecular weight excluding hydrogens is 341 g/mol. The van der Waals surface area contributed by atoms with E-state index >= 15 is 0 Å². The highest BCUT2D eigenvalue weighted by atomic mass is 127. The Balaban J connectivity index is 1.98. The van der Waals surface area contributed by atoms with E-state index < -0.39 is 0 Å². The van der Waals surface area contributed by atoms with Gasteiger partial charge in [-0.1, -0.05) is 12.1 Å². The van der Waals surface area contributed by atoms with Crippen molar-refractivity contribution in [3.8, 4) is 0 Å². The number of ether oxygens (including phenoxy) is 1. The van der Waals surface area contributed by atoms with Crippen LogP contribution in [0.3, 0.4) is 0 Å². The minimum Gasteiger partial charge on any atom is -0.374 e. The number of nitrogens with one attached hydrogen (secondary N) is 1. The van der Waals surface area contributed by atoms with Crippen molar-refractivity contribution in [2.75, 3.05) is 26.7 Å². The Morgan fingerprint density at radius 2 is 2.22 bits per heavy atom. The fourth-order valence-corrected chi connectivity index (χ4v) is 2.59. The summed E-state index contributed by atoms with van der Waals surface area (Å²) in [4.78, 5) is 2.28. The average Bonchev–Trinajstić information content (AvgIpc) is 2.38. The van der Waals surface area contributed by atoms with E-state index in [0.29, 0.717) is 0 Å². The Labute approximate surface area is 122 Å². The lowest BCUT2D eigenvalue weighted by molar-refractivity contribution is -0.0384. The van der Waals surface area contributed by atoms with Gasteiger partial charge < -0.3 is 9.64 Å². The maximum absolute atomic E-state index is 5.81. The van der Waals surface area contributed by atoms with Crippen molar-refractivity contribution in [1.29, 1.82) is 0 Å². The SMILES string of the molecule is CN1CCOC(C(Cc2ccc(I)cc2)NN)C1. The van der Waals surface area contributed by atoms with E-state index in [-0.39, 0.29) is 12.1 Å². The molecule has 3 N–H and O–H groups in total. The molecule has 0 radical (unpaired) electrons. The zero-order chi connectivity index (χ0) is 13.0. The largest absolute Gasteiger partial charge is 0.374 e. The zero-order valence-corrected chi connectivity index (χ0v) is 12.8. The number of likely N-dealkylation sites (N-methyl/N-ethyl adjacent to an activating group) is 1. The molecule has 18 heavy (non-hydrogen) atoms. The highest BCUT2D eigenvalue weighted by Crippen LogP contribution is 2.13. The standard InChI is InChI=1S/C13H20IN3O/c1-17-6-7-18-13(9-17)12(16-15)8-10-2-4-11(14)5-3-10/h2-5,12-13,16H,6-9,15H2,1H3. The number of hydrazine groups is 1. The van der Waals surface area contributed by atoms with Crippen LogP contribution < -0.4 is 11.3 Å². The van der Waals surface area contributed by atoms with Gasteiger partial charge in [-0.25, -0.2) is 0 Å². The molecule has 0 spiro atoms. The Hall–Kier alpha value is -0.210. The molecule has 2 unspecified atom stereocenters. The number of benzene rings is 1. The van der Waals surface area contributed by atoms with Crippen LogP contribution in [-0.2, 0) is 11.2 Å². The molecule has 0 saturated carbocycles. The first kappa shape index (κ1) is 14.2. The van der Waals surface area contributed by atoms with E-state index in [1.807, 2.05) is 0 Å². The van der Waals surface area contributed by atoms with Gasteiger partial charge in [0.05, 0.1) is 18.8 Å². The van der Waals surface area contributed by atoms with Gasteiger partial charge in [0.2, 0.25) is 0 Å². The molecule has 1 fully saturated rings. The second kappa shape index (κ2) is 6.81. The van der Waals surface area contributed by atoms with E-state index in [1.165, 1.54) is 9.13 Å². The zero-order valence-electron chi connectivity index (χ0n) is 10.6. The summed E-state index contributed by atoms with van der Waals surface area (Å²) in [6.45, 7) is 2.71. The van der Waals surface area contributed by atoms with Gasteiger partial charge in [0, 0.05) is 16.7 Å². The second-order valence-electron chi connectivity index (χ2n) is 4.78. The van der Waals surface area contributed by atoms with Gasteiger partial charge in [-0.3, -0.25) is 11.3 Å². The number of rotatable bonds is 4. The lowest BCUT2D eigenvalue weighted by Crippen LogP contribution is -2.54. The third-order valence-electron chi connectivity index (χ3n) is 3.33. The van der Waals surface area contributed by atoms with Gasteiger partial charge in [0.1, 0.15) is 0 Å². The summed E-state index contributed by atoms with van der Waals surface area (Å²) in [6.07, 6.45) is 1.05. The third-order valence-corrected chi connectivity index (χ3v) is 4.05. The quantitative estimate of drug-likeness (QED) is 0.477. The van der Waals surface area contributed by atoms with Crippen molar-refractivity contribution in [3.63, 3.8) is 0 Å². The number of halogens is 1. The number of morpholine rings is 1. The van der Waals surface area contributed by atoms with Gasteiger partial charge in [-0.2, -0.15) is 0 Å². The van der Waals surface area contributed by atoms with Crippen LogP contribution in [0.1, 0.15) is 5.56 Å². The van der Waals surface area contributed by atoms with E-state index in [9.17, 15) is 0 Å². The van der Waals surface area contributed by atoms with E-state index in [1.54, 1.807) is 0 Å². The lowest BCUT2D eigenvalue weighted by atomic mass is 10.0. The van der Waals surface area contributed by atoms with Gasteiger partial charge in [0.25, 0.3) is 0 Å². The van der Waals surface area contributed by atoms with Crippen molar-refractivity contribution in [1.82, 2.24) is 10.3 Å². The molecule has 2 rings (SSSR count). The first-order chi connectivity index (χ1) is 8.69. The molecule has 4 nitrogen and oxygen atoms in total. The molecule has 5 heteroatoms. The lowest BCUT2D eigenvalue weighted by Gasteiger charge is -2.35. The van der Waals surface area contributed by atoms with Crippen LogP contribution in [-0.4, -0.2) is 43.8 Å². The Kier molecular flexibility index (Phi) is 5.38. The first-order valence-electron chi connectivity index (χ1n) is 6.20. The van der Waals surface area contributed by atoms with Crippen molar-refractivity contribution in [3.05, 3.63) is 33.4 Å². The Morgan fingerprint density at radius 1 is 1.50 bits per heavy atom. The fourth-order valence-electron chi connectivity index (χ4n) is 2.23. The Bertz CT molecular complexity index is 371. The van der Waals surface area contributed by atoms with Crippen LogP contribution >= 0.6 is 22.6 Å². The molecule has 1 saturated heterocycles. The maximum Gasteiger partial charge on any atom is 0.0871 e. The normalized spacial score (nSPS) is 22.9. The summed E-state index contributed by atoms with van der Waals surface area (Å²) in [5.74, 6) is 5.68. The minimum atomic E-state index is 0.160. The molecule has 1 aliphatic rings. The number of hydrogen-bond donors (Lipinski definition) is 2. The third kappa shape index (κ3) is 3.89. The molecule has 0 aromatic heterocycles. The molecular formula is C13H20IN3O. The molecule has 1 heterocycles. The summed E-state index contributed by atoms with van der Waals surface area (Å²) in [5, 5.41) is 0. The predicted molar refractivity (Wildman–Crippen MR) is 81.2 cm³/mol. The molecule has 0 bridgehead atoms. The van der Waals surface area contributed by atoms with Crippen molar-refractivity contribution in [2.24, 2.45) is 5.84 Å². The molecule has 2 atom stereocenters. The van der Waals surface area contributed by atoms with Crippen LogP contribution in [0.4, 0.5) is 0 Å². The van der Waals surface area contributed by atoms with Crippen LogP contribution in [0.25, 0.3) is 0 Å².